The standard InChI is InChI=1S/C74H86N4O18/c1-7-55(49-25-31-63-67(41-49)93-45-91-63)71(81)77-35-11-9-19-57(77)73(83)95-59(27-21-47-23-29-61(85-3)65(37-47)87-5)51-15-13-17-53(39-51)89-43-69(79)75-33-34-76-70(80)44-90-54-18-14-16-52(40-54)60(28-22-48-24-30-62(86-4)66(38-48)88-6)96-74(84)58-20-10-12-36-78(58)72(82)56(8-2)50-26-32-64-68(42-50)94-46-92-64/h13-18,23-26,29-32,37-42,55-60H,7-12,19-22,27-28,33-36,43-46H2,1-6H3,(H,75,79)(H,76,80)/t55-,56-,57-,58-,59+,60+/m0/s1. The van der Waals surface area contributed by atoms with Gasteiger partial charge in [0.2, 0.25) is 25.4 Å². The van der Waals surface area contributed by atoms with Gasteiger partial charge in [0.25, 0.3) is 11.8 Å². The van der Waals surface area contributed by atoms with Crippen molar-refractivity contribution < 1.29 is 85.6 Å². The molecular weight excluding hydrogens is 1230 g/mol. The lowest BCUT2D eigenvalue weighted by atomic mass is 9.92. The Hall–Kier alpha value is -9.86. The van der Waals surface area contributed by atoms with E-state index in [1.54, 1.807) is 74.6 Å². The lowest BCUT2D eigenvalue weighted by Crippen LogP contribution is -2.50. The van der Waals surface area contributed by atoms with Gasteiger partial charge in [-0.3, -0.25) is 19.2 Å². The van der Waals surface area contributed by atoms with Gasteiger partial charge in [0.1, 0.15) is 35.8 Å². The molecule has 10 rings (SSSR count). The number of nitrogens with one attached hydrogen (secondary N) is 2. The maximum Gasteiger partial charge on any atom is 0.329 e. The second kappa shape index (κ2) is 33.5. The molecule has 2 saturated heterocycles. The fourth-order valence-corrected chi connectivity index (χ4v) is 12.8. The summed E-state index contributed by atoms with van der Waals surface area (Å²) in [5.74, 6) is 2.16. The maximum atomic E-state index is 14.5. The van der Waals surface area contributed by atoms with E-state index in [0.717, 1.165) is 47.9 Å². The van der Waals surface area contributed by atoms with Crippen molar-refractivity contribution in [3.05, 3.63) is 155 Å². The van der Waals surface area contributed by atoms with Gasteiger partial charge in [0.05, 0.1) is 40.3 Å². The number of benzene rings is 6. The van der Waals surface area contributed by atoms with Gasteiger partial charge in [-0.25, -0.2) is 9.59 Å². The molecule has 2 fully saturated rings. The molecule has 4 aliphatic heterocycles. The molecule has 0 radical (unpaired) electrons. The van der Waals surface area contributed by atoms with E-state index in [-0.39, 0.29) is 51.7 Å². The molecule has 0 aliphatic carbocycles. The number of aryl methyl sites for hydroxylation is 2. The van der Waals surface area contributed by atoms with Crippen molar-refractivity contribution in [3.8, 4) is 57.5 Å². The van der Waals surface area contributed by atoms with Crippen LogP contribution in [0.5, 0.6) is 57.5 Å². The highest BCUT2D eigenvalue weighted by Gasteiger charge is 2.40. The quantitative estimate of drug-likeness (QED) is 0.0303. The Morgan fingerprint density at radius 3 is 1.29 bits per heavy atom. The molecular formula is C74H86N4O18. The summed E-state index contributed by atoms with van der Waals surface area (Å²) >= 11 is 0. The number of amides is 4. The number of carbonyl (C=O) groups excluding carboxylic acids is 6. The molecule has 96 heavy (non-hydrogen) atoms. The predicted molar refractivity (Wildman–Crippen MR) is 353 cm³/mol. The molecule has 0 unspecified atom stereocenters. The second-order valence-electron chi connectivity index (χ2n) is 24.0. The van der Waals surface area contributed by atoms with Gasteiger partial charge in [0, 0.05) is 26.2 Å². The minimum absolute atomic E-state index is 0.0860. The van der Waals surface area contributed by atoms with Crippen LogP contribution in [0.15, 0.2) is 121 Å². The third kappa shape index (κ3) is 17.3. The Bertz CT molecular complexity index is 3460. The number of piperidine rings is 2. The first-order chi connectivity index (χ1) is 46.8. The Morgan fingerprint density at radius 1 is 0.469 bits per heavy atom. The first-order valence-electron chi connectivity index (χ1n) is 33.0. The third-order valence-corrected chi connectivity index (χ3v) is 17.9. The first kappa shape index (κ1) is 69.0. The number of fused-ring (bicyclic) bond motifs is 2. The molecule has 22 nitrogen and oxygen atoms in total. The van der Waals surface area contributed by atoms with Crippen LogP contribution < -0.4 is 58.0 Å². The summed E-state index contributed by atoms with van der Waals surface area (Å²) in [5, 5.41) is 5.55. The van der Waals surface area contributed by atoms with Crippen molar-refractivity contribution in [2.75, 3.05) is 81.4 Å². The normalized spacial score (nSPS) is 16.6. The van der Waals surface area contributed by atoms with Crippen LogP contribution in [0.4, 0.5) is 0 Å². The second-order valence-corrected chi connectivity index (χ2v) is 24.0. The highest BCUT2D eigenvalue weighted by molar-refractivity contribution is 5.90. The summed E-state index contributed by atoms with van der Waals surface area (Å²) in [6.45, 7) is 4.41. The van der Waals surface area contributed by atoms with E-state index in [1.807, 2.05) is 98.8 Å². The van der Waals surface area contributed by atoms with Crippen LogP contribution in [0.3, 0.4) is 0 Å². The number of likely N-dealkylation sites (tertiary alicyclic amines) is 2. The topological polar surface area (TPSA) is 244 Å². The van der Waals surface area contributed by atoms with E-state index in [0.29, 0.717) is 133 Å². The van der Waals surface area contributed by atoms with Crippen molar-refractivity contribution in [1.29, 1.82) is 0 Å². The fraction of sp³-hybridized carbons (Fsp3) is 0.432. The van der Waals surface area contributed by atoms with Gasteiger partial charge >= 0.3 is 11.9 Å². The number of ether oxygens (including phenoxy) is 12. The molecule has 6 aromatic rings. The first-order valence-corrected chi connectivity index (χ1v) is 33.0. The Balaban J connectivity index is 0.736. The summed E-state index contributed by atoms with van der Waals surface area (Å²) < 4.78 is 69.2. The van der Waals surface area contributed by atoms with Crippen molar-refractivity contribution in [2.45, 2.75) is 127 Å². The molecule has 0 aromatic heterocycles. The van der Waals surface area contributed by atoms with Gasteiger partial charge in [-0.15, -0.1) is 0 Å². The molecule has 4 heterocycles. The molecule has 0 saturated carbocycles. The van der Waals surface area contributed by atoms with E-state index in [2.05, 4.69) is 10.6 Å². The van der Waals surface area contributed by atoms with Crippen LogP contribution in [0.25, 0.3) is 0 Å². The molecule has 6 aromatic carbocycles. The molecule has 510 valence electrons. The number of carbonyl (C=O) groups is 6. The Morgan fingerprint density at radius 2 is 0.885 bits per heavy atom. The van der Waals surface area contributed by atoms with Crippen LogP contribution in [0, 0.1) is 0 Å². The molecule has 2 N–H and O–H groups in total. The fourth-order valence-electron chi connectivity index (χ4n) is 12.8. The van der Waals surface area contributed by atoms with Gasteiger partial charge in [-0.2, -0.15) is 0 Å². The number of nitrogens with zero attached hydrogens (tertiary/aromatic N) is 2. The number of hydrogen-bond donors (Lipinski definition) is 2. The minimum atomic E-state index is -0.808. The van der Waals surface area contributed by atoms with Crippen molar-refractivity contribution in [3.63, 3.8) is 0 Å². The van der Waals surface area contributed by atoms with Gasteiger partial charge in [-0.05, 0) is 183 Å². The smallest absolute Gasteiger partial charge is 0.329 e. The van der Waals surface area contributed by atoms with E-state index >= 15 is 0 Å². The minimum Gasteiger partial charge on any atom is -0.493 e. The van der Waals surface area contributed by atoms with Gasteiger partial charge in [-0.1, -0.05) is 62.4 Å². The van der Waals surface area contributed by atoms with Crippen LogP contribution in [-0.4, -0.2) is 139 Å². The Kier molecular flexibility index (Phi) is 24.1. The zero-order valence-corrected chi connectivity index (χ0v) is 55.4. The number of hydrogen-bond acceptors (Lipinski definition) is 18. The number of rotatable bonds is 31. The van der Waals surface area contributed by atoms with Crippen molar-refractivity contribution >= 4 is 35.6 Å². The average Bonchev–Trinajstić information content (AvgIpc) is 1.27. The van der Waals surface area contributed by atoms with Crippen LogP contribution >= 0.6 is 0 Å². The van der Waals surface area contributed by atoms with Crippen LogP contribution in [0.1, 0.15) is 135 Å². The lowest BCUT2D eigenvalue weighted by molar-refractivity contribution is -0.162. The molecule has 0 bridgehead atoms. The summed E-state index contributed by atoms with van der Waals surface area (Å²) in [5.41, 5.74) is 4.66. The van der Waals surface area contributed by atoms with Gasteiger partial charge in [0.15, 0.2) is 59.2 Å². The monoisotopic (exact) mass is 1320 g/mol. The lowest BCUT2D eigenvalue weighted by Gasteiger charge is -2.37. The highest BCUT2D eigenvalue weighted by atomic mass is 16.7. The molecule has 4 amide bonds. The van der Waals surface area contributed by atoms with E-state index in [9.17, 15) is 28.8 Å². The zero-order valence-electron chi connectivity index (χ0n) is 55.4. The highest BCUT2D eigenvalue weighted by Crippen LogP contribution is 2.40. The SMILES string of the molecule is CC[C@H](C(=O)N1CCCC[C@H]1C(=O)O[C@H](CCc1ccc(OC)c(OC)c1)c1cccc(OCC(=O)NCCNC(=O)COc2cccc([C@@H](CCc3ccc(OC)c(OC)c3)OC(=O)[C@@H]3CCCCN3C(=O)[C@@H](CC)c3ccc4c(c3)OCO4)c2)c1)c1ccc2c(c1)OCO2. The summed E-state index contributed by atoms with van der Waals surface area (Å²) in [6, 6.07) is 34.7. The molecule has 4 aliphatic rings. The van der Waals surface area contributed by atoms with Crippen molar-refractivity contribution in [1.82, 2.24) is 20.4 Å². The Labute approximate surface area is 560 Å². The largest absolute Gasteiger partial charge is 0.493 e. The third-order valence-electron chi connectivity index (χ3n) is 17.9. The average molecular weight is 1320 g/mol. The van der Waals surface area contributed by atoms with Crippen LogP contribution in [-0.2, 0) is 51.1 Å². The number of esters is 2. The maximum absolute atomic E-state index is 14.5. The molecule has 22 heteroatoms. The predicted octanol–water partition coefficient (Wildman–Crippen LogP) is 10.5. The van der Waals surface area contributed by atoms with Crippen LogP contribution in [0.2, 0.25) is 0 Å². The van der Waals surface area contributed by atoms with E-state index < -0.39 is 59.9 Å². The van der Waals surface area contributed by atoms with E-state index in [1.165, 1.54) is 0 Å². The summed E-state index contributed by atoms with van der Waals surface area (Å²) in [7, 11) is 6.27. The molecule has 6 atom stereocenters. The number of methoxy groups -OCH3 is 4. The van der Waals surface area contributed by atoms with Crippen molar-refractivity contribution in [2.24, 2.45) is 0 Å². The summed E-state index contributed by atoms with van der Waals surface area (Å²) in [4.78, 5) is 87.6. The summed E-state index contributed by atoms with van der Waals surface area (Å²) in [6.07, 6.45) is 5.04. The zero-order chi connectivity index (χ0) is 67.5. The van der Waals surface area contributed by atoms with Gasteiger partial charge < -0.3 is 77.3 Å². The molecule has 0 spiro atoms. The van der Waals surface area contributed by atoms with E-state index in [4.69, 9.17) is 56.8 Å².